The highest BCUT2D eigenvalue weighted by Crippen LogP contribution is 2.32. The highest BCUT2D eigenvalue weighted by molar-refractivity contribution is 7.80. The van der Waals surface area contributed by atoms with Crippen molar-refractivity contribution in [2.75, 3.05) is 25.1 Å². The van der Waals surface area contributed by atoms with Gasteiger partial charge in [0.15, 0.2) is 16.6 Å². The molecule has 1 aliphatic heterocycles. The molecular formula is C19H22N2O3S. The Morgan fingerprint density at radius 3 is 2.72 bits per heavy atom. The number of thiocarbonyl (C=S) groups is 1. The first-order valence-electron chi connectivity index (χ1n) is 8.27. The van der Waals surface area contributed by atoms with Gasteiger partial charge in [-0.1, -0.05) is 18.2 Å². The molecule has 0 amide bonds. The monoisotopic (exact) mass is 358 g/mol. The van der Waals surface area contributed by atoms with E-state index in [1.165, 1.54) is 0 Å². The third-order valence-electron chi connectivity index (χ3n) is 3.76. The number of hydrogen-bond donors (Lipinski definition) is 2. The summed E-state index contributed by atoms with van der Waals surface area (Å²) in [5, 5.41) is 6.92. The minimum absolute atomic E-state index is 0.0665. The quantitative estimate of drug-likeness (QED) is 0.798. The lowest BCUT2D eigenvalue weighted by Crippen LogP contribution is -2.39. The summed E-state index contributed by atoms with van der Waals surface area (Å²) in [4.78, 5) is 0. The molecule has 1 unspecified atom stereocenters. The van der Waals surface area contributed by atoms with Crippen LogP contribution in [0.5, 0.6) is 17.2 Å². The third kappa shape index (κ3) is 4.76. The third-order valence-corrected chi connectivity index (χ3v) is 3.98. The summed E-state index contributed by atoms with van der Waals surface area (Å²) in [5.74, 6) is 2.38. The maximum Gasteiger partial charge on any atom is 0.171 e. The maximum atomic E-state index is 5.84. The Morgan fingerprint density at radius 1 is 1.16 bits per heavy atom. The molecular weight excluding hydrogens is 336 g/mol. The largest absolute Gasteiger partial charge is 0.491 e. The molecule has 0 fully saturated rings. The van der Waals surface area contributed by atoms with Crippen molar-refractivity contribution in [2.24, 2.45) is 0 Å². The lowest BCUT2D eigenvalue weighted by atomic mass is 10.2. The van der Waals surface area contributed by atoms with Crippen molar-refractivity contribution >= 4 is 23.0 Å². The van der Waals surface area contributed by atoms with Crippen LogP contribution in [0.15, 0.2) is 42.5 Å². The van der Waals surface area contributed by atoms with Crippen LogP contribution in [0.1, 0.15) is 12.5 Å². The second-order valence-corrected chi connectivity index (χ2v) is 6.34. The second-order valence-electron chi connectivity index (χ2n) is 5.93. The highest BCUT2D eigenvalue weighted by Gasteiger charge is 2.12. The van der Waals surface area contributed by atoms with Gasteiger partial charge in [0.25, 0.3) is 0 Å². The highest BCUT2D eigenvalue weighted by atomic mass is 32.1. The zero-order chi connectivity index (χ0) is 17.6. The predicted molar refractivity (Wildman–Crippen MR) is 103 cm³/mol. The number of rotatable bonds is 5. The standard InChI is InChI=1S/C19H22N2O3S/c1-13-5-3-4-6-16(13)24-12-14(2)20-19(25)21-15-7-8-17-18(11-15)23-10-9-22-17/h3-8,11,14H,9-10,12H2,1-2H3,(H2,20,21,25). The predicted octanol–water partition coefficient (Wildman–Crippen LogP) is 3.52. The molecule has 3 rings (SSSR count). The molecule has 6 heteroatoms. The molecule has 25 heavy (non-hydrogen) atoms. The van der Waals surface area contributed by atoms with E-state index in [1.807, 2.05) is 56.3 Å². The van der Waals surface area contributed by atoms with Crippen molar-refractivity contribution in [3.05, 3.63) is 48.0 Å². The first-order valence-corrected chi connectivity index (χ1v) is 8.68. The topological polar surface area (TPSA) is 51.8 Å². The van der Waals surface area contributed by atoms with E-state index < -0.39 is 0 Å². The van der Waals surface area contributed by atoms with Gasteiger partial charge in [0.05, 0.1) is 6.04 Å². The minimum atomic E-state index is 0.0665. The van der Waals surface area contributed by atoms with Gasteiger partial charge in [-0.25, -0.2) is 0 Å². The number of aryl methyl sites for hydroxylation is 1. The van der Waals surface area contributed by atoms with Crippen LogP contribution in [0.25, 0.3) is 0 Å². The zero-order valence-corrected chi connectivity index (χ0v) is 15.2. The Labute approximate surface area is 153 Å². The van der Waals surface area contributed by atoms with E-state index >= 15 is 0 Å². The summed E-state index contributed by atoms with van der Waals surface area (Å²) >= 11 is 5.37. The molecule has 0 aromatic heterocycles. The van der Waals surface area contributed by atoms with Crippen molar-refractivity contribution in [3.8, 4) is 17.2 Å². The Balaban J connectivity index is 1.49. The van der Waals surface area contributed by atoms with Crippen LogP contribution in [-0.2, 0) is 0 Å². The number of benzene rings is 2. The van der Waals surface area contributed by atoms with Crippen LogP contribution < -0.4 is 24.8 Å². The smallest absolute Gasteiger partial charge is 0.171 e. The molecule has 0 saturated carbocycles. The normalized spacial score (nSPS) is 13.7. The average Bonchev–Trinajstić information content (AvgIpc) is 2.61. The van der Waals surface area contributed by atoms with Gasteiger partial charge in [-0.3, -0.25) is 0 Å². The van der Waals surface area contributed by atoms with Gasteiger partial charge in [0, 0.05) is 11.8 Å². The molecule has 0 radical (unpaired) electrons. The van der Waals surface area contributed by atoms with Gasteiger partial charge in [0.1, 0.15) is 25.6 Å². The Morgan fingerprint density at radius 2 is 1.92 bits per heavy atom. The second kappa shape index (κ2) is 8.07. The number of ether oxygens (including phenoxy) is 3. The summed E-state index contributed by atoms with van der Waals surface area (Å²) in [5.41, 5.74) is 1.97. The van der Waals surface area contributed by atoms with Gasteiger partial charge in [-0.15, -0.1) is 0 Å². The van der Waals surface area contributed by atoms with E-state index in [9.17, 15) is 0 Å². The van der Waals surface area contributed by atoms with Crippen LogP contribution in [0.4, 0.5) is 5.69 Å². The van der Waals surface area contributed by atoms with E-state index in [0.717, 1.165) is 28.5 Å². The SMILES string of the molecule is Cc1ccccc1OCC(C)NC(=S)Nc1ccc2c(c1)OCCO2. The first-order chi connectivity index (χ1) is 12.1. The van der Waals surface area contributed by atoms with Crippen LogP contribution in [0.3, 0.4) is 0 Å². The van der Waals surface area contributed by atoms with E-state index in [0.29, 0.717) is 24.9 Å². The van der Waals surface area contributed by atoms with Crippen molar-refractivity contribution in [1.82, 2.24) is 5.32 Å². The van der Waals surface area contributed by atoms with Crippen molar-refractivity contribution in [1.29, 1.82) is 0 Å². The number of hydrogen-bond acceptors (Lipinski definition) is 4. The fourth-order valence-electron chi connectivity index (χ4n) is 2.49. The van der Waals surface area contributed by atoms with Crippen LogP contribution in [-0.4, -0.2) is 31.0 Å². The minimum Gasteiger partial charge on any atom is -0.491 e. The van der Waals surface area contributed by atoms with Crippen molar-refractivity contribution in [2.45, 2.75) is 19.9 Å². The van der Waals surface area contributed by atoms with Crippen LogP contribution >= 0.6 is 12.2 Å². The molecule has 2 N–H and O–H groups in total. The number of para-hydroxylation sites is 1. The molecule has 2 aromatic carbocycles. The Kier molecular flexibility index (Phi) is 5.60. The lowest BCUT2D eigenvalue weighted by Gasteiger charge is -2.21. The molecule has 5 nitrogen and oxygen atoms in total. The molecule has 1 heterocycles. The van der Waals surface area contributed by atoms with Gasteiger partial charge in [0.2, 0.25) is 0 Å². The Hall–Kier alpha value is -2.47. The van der Waals surface area contributed by atoms with E-state index in [2.05, 4.69) is 10.6 Å². The fourth-order valence-corrected chi connectivity index (χ4v) is 2.81. The maximum absolute atomic E-state index is 5.84. The summed E-state index contributed by atoms with van der Waals surface area (Å²) in [6, 6.07) is 13.7. The van der Waals surface area contributed by atoms with Crippen LogP contribution in [0.2, 0.25) is 0 Å². The van der Waals surface area contributed by atoms with Gasteiger partial charge in [-0.2, -0.15) is 0 Å². The molecule has 0 aliphatic carbocycles. The first kappa shape index (κ1) is 17.4. The molecule has 0 saturated heterocycles. The van der Waals surface area contributed by atoms with Gasteiger partial charge < -0.3 is 24.8 Å². The molecule has 1 atom stereocenters. The van der Waals surface area contributed by atoms with E-state index in [-0.39, 0.29) is 6.04 Å². The number of anilines is 1. The molecule has 0 spiro atoms. The molecule has 0 bridgehead atoms. The van der Waals surface area contributed by atoms with Crippen molar-refractivity contribution < 1.29 is 14.2 Å². The summed E-state index contributed by atoms with van der Waals surface area (Å²) in [6.07, 6.45) is 0. The molecule has 2 aromatic rings. The summed E-state index contributed by atoms with van der Waals surface area (Å²) in [7, 11) is 0. The Bertz CT molecular complexity index is 751. The summed E-state index contributed by atoms with van der Waals surface area (Å²) in [6.45, 7) is 5.72. The van der Waals surface area contributed by atoms with Gasteiger partial charge >= 0.3 is 0 Å². The fraction of sp³-hybridized carbons (Fsp3) is 0.316. The van der Waals surface area contributed by atoms with E-state index in [1.54, 1.807) is 0 Å². The lowest BCUT2D eigenvalue weighted by molar-refractivity contribution is 0.171. The van der Waals surface area contributed by atoms with Gasteiger partial charge in [-0.05, 0) is 49.8 Å². The number of fused-ring (bicyclic) bond motifs is 1. The van der Waals surface area contributed by atoms with E-state index in [4.69, 9.17) is 26.4 Å². The zero-order valence-electron chi connectivity index (χ0n) is 14.4. The molecule has 1 aliphatic rings. The van der Waals surface area contributed by atoms with Crippen LogP contribution in [0, 0.1) is 6.92 Å². The summed E-state index contributed by atoms with van der Waals surface area (Å²) < 4.78 is 16.9. The van der Waals surface area contributed by atoms with Crippen molar-refractivity contribution in [3.63, 3.8) is 0 Å². The average molecular weight is 358 g/mol. The number of nitrogens with one attached hydrogen (secondary N) is 2. The molecule has 132 valence electrons.